The van der Waals surface area contributed by atoms with Gasteiger partial charge in [-0.3, -0.25) is 4.57 Å². The van der Waals surface area contributed by atoms with E-state index in [4.69, 9.17) is 27.7 Å². The topological polar surface area (TPSA) is 26.3 Å². The first-order chi connectivity index (χ1) is 8.95. The second-order valence-corrected chi connectivity index (χ2v) is 7.96. The third kappa shape index (κ3) is 4.56. The smallest absolute Gasteiger partial charge is 0.247 e. The van der Waals surface area contributed by atoms with Crippen LogP contribution in [-0.4, -0.2) is 12.3 Å². The molecule has 0 saturated carbocycles. The fourth-order valence-corrected chi connectivity index (χ4v) is 4.02. The first-order valence-electron chi connectivity index (χ1n) is 6.35. The standard InChI is InChI=1S/C14H19Cl2O2P/c1-4-9-19(17,6-3)18-14(5-2)12-8-7-11(15)10-13(12)16/h5,7-8,10H,4,6,9H2,1-3H3/b14-5+. The van der Waals surface area contributed by atoms with Gasteiger partial charge in [-0.05, 0) is 37.6 Å². The zero-order valence-corrected chi connectivity index (χ0v) is 13.9. The Morgan fingerprint density at radius 3 is 2.53 bits per heavy atom. The quantitative estimate of drug-likeness (QED) is 0.469. The molecule has 0 aliphatic rings. The van der Waals surface area contributed by atoms with Crippen LogP contribution in [0.3, 0.4) is 0 Å². The fourth-order valence-electron chi connectivity index (χ4n) is 1.73. The lowest BCUT2D eigenvalue weighted by Gasteiger charge is -2.20. The zero-order chi connectivity index (χ0) is 14.5. The van der Waals surface area contributed by atoms with Crippen molar-refractivity contribution in [2.45, 2.75) is 27.2 Å². The summed E-state index contributed by atoms with van der Waals surface area (Å²) in [6.45, 7) is 5.72. The van der Waals surface area contributed by atoms with E-state index in [9.17, 15) is 4.57 Å². The van der Waals surface area contributed by atoms with Crippen LogP contribution in [0.15, 0.2) is 24.3 Å². The Hall–Kier alpha value is -0.430. The highest BCUT2D eigenvalue weighted by Gasteiger charge is 2.23. The molecule has 1 rings (SSSR count). The van der Waals surface area contributed by atoms with E-state index in [1.165, 1.54) is 0 Å². The molecular weight excluding hydrogens is 302 g/mol. The molecule has 1 atom stereocenters. The normalized spacial score (nSPS) is 15.1. The molecule has 2 nitrogen and oxygen atoms in total. The number of hydrogen-bond acceptors (Lipinski definition) is 2. The van der Waals surface area contributed by atoms with E-state index in [0.29, 0.717) is 28.1 Å². The number of halogens is 2. The predicted molar refractivity (Wildman–Crippen MR) is 84.5 cm³/mol. The average Bonchev–Trinajstić information content (AvgIpc) is 2.37. The lowest BCUT2D eigenvalue weighted by molar-refractivity contribution is 0.459. The van der Waals surface area contributed by atoms with Crippen LogP contribution in [0.5, 0.6) is 0 Å². The van der Waals surface area contributed by atoms with E-state index < -0.39 is 7.37 Å². The van der Waals surface area contributed by atoms with Gasteiger partial charge in [-0.15, -0.1) is 0 Å². The van der Waals surface area contributed by atoms with Crippen molar-refractivity contribution in [3.05, 3.63) is 39.9 Å². The van der Waals surface area contributed by atoms with Crippen LogP contribution < -0.4 is 0 Å². The monoisotopic (exact) mass is 320 g/mol. The highest BCUT2D eigenvalue weighted by Crippen LogP contribution is 2.51. The van der Waals surface area contributed by atoms with Crippen molar-refractivity contribution in [2.24, 2.45) is 0 Å². The minimum absolute atomic E-state index is 0.500. The van der Waals surface area contributed by atoms with E-state index in [0.717, 1.165) is 12.0 Å². The SMILES string of the molecule is C/C=C(/OP(=O)(CC)CCC)c1ccc(Cl)cc1Cl. The van der Waals surface area contributed by atoms with Gasteiger partial charge in [0.15, 0.2) is 0 Å². The summed E-state index contributed by atoms with van der Waals surface area (Å²) >= 11 is 12.0. The van der Waals surface area contributed by atoms with Gasteiger partial charge in [-0.2, -0.15) is 0 Å². The lowest BCUT2D eigenvalue weighted by atomic mass is 10.2. The number of rotatable bonds is 6. The first kappa shape index (κ1) is 16.6. The van der Waals surface area contributed by atoms with Crippen LogP contribution in [0.2, 0.25) is 10.0 Å². The van der Waals surface area contributed by atoms with Crippen molar-refractivity contribution in [3.8, 4) is 0 Å². The second-order valence-electron chi connectivity index (χ2n) is 4.22. The Morgan fingerprint density at radius 1 is 1.37 bits per heavy atom. The van der Waals surface area contributed by atoms with Gasteiger partial charge >= 0.3 is 0 Å². The summed E-state index contributed by atoms with van der Waals surface area (Å²) in [4.78, 5) is 0. The number of allylic oxidation sites excluding steroid dienone is 1. The van der Waals surface area contributed by atoms with E-state index in [1.54, 1.807) is 24.3 Å². The molecular formula is C14H19Cl2O2P. The highest BCUT2D eigenvalue weighted by molar-refractivity contribution is 7.59. The summed E-state index contributed by atoms with van der Waals surface area (Å²) in [5.41, 5.74) is 0.721. The molecule has 0 aliphatic heterocycles. The summed E-state index contributed by atoms with van der Waals surface area (Å²) < 4.78 is 18.3. The van der Waals surface area contributed by atoms with Gasteiger partial charge in [0.05, 0.1) is 5.02 Å². The van der Waals surface area contributed by atoms with Crippen LogP contribution >= 0.6 is 30.6 Å². The van der Waals surface area contributed by atoms with Crippen LogP contribution in [-0.2, 0) is 9.09 Å². The molecule has 0 fully saturated rings. The maximum absolute atomic E-state index is 12.6. The van der Waals surface area contributed by atoms with Crippen molar-refractivity contribution in [1.29, 1.82) is 0 Å². The molecule has 0 heterocycles. The molecule has 0 radical (unpaired) electrons. The molecule has 0 aromatic heterocycles. The molecule has 0 amide bonds. The second kappa shape index (κ2) is 7.38. The van der Waals surface area contributed by atoms with Crippen LogP contribution in [0.4, 0.5) is 0 Å². The Balaban J connectivity index is 3.05. The summed E-state index contributed by atoms with van der Waals surface area (Å²) in [6.07, 6.45) is 3.71. The Morgan fingerprint density at radius 2 is 2.05 bits per heavy atom. The molecule has 0 bridgehead atoms. The van der Waals surface area contributed by atoms with Crippen molar-refractivity contribution in [3.63, 3.8) is 0 Å². The van der Waals surface area contributed by atoms with E-state index in [-0.39, 0.29) is 0 Å². The zero-order valence-electron chi connectivity index (χ0n) is 11.5. The molecule has 106 valence electrons. The van der Waals surface area contributed by atoms with Gasteiger partial charge in [0.25, 0.3) is 0 Å². The Labute approximate surface area is 125 Å². The molecule has 19 heavy (non-hydrogen) atoms. The first-order valence-corrected chi connectivity index (χ1v) is 9.10. The van der Waals surface area contributed by atoms with Crippen molar-refractivity contribution in [1.82, 2.24) is 0 Å². The lowest BCUT2D eigenvalue weighted by Crippen LogP contribution is -1.98. The molecule has 0 N–H and O–H groups in total. The highest BCUT2D eigenvalue weighted by atomic mass is 35.5. The summed E-state index contributed by atoms with van der Waals surface area (Å²) in [7, 11) is -2.63. The third-order valence-corrected chi connectivity index (χ3v) is 5.94. The molecule has 0 aliphatic carbocycles. The van der Waals surface area contributed by atoms with Crippen LogP contribution in [0, 0.1) is 0 Å². The van der Waals surface area contributed by atoms with Crippen molar-refractivity contribution in [2.75, 3.05) is 12.3 Å². The molecule has 1 unspecified atom stereocenters. The van der Waals surface area contributed by atoms with E-state index in [2.05, 4.69) is 0 Å². The molecule has 0 saturated heterocycles. The van der Waals surface area contributed by atoms with Gasteiger partial charge < -0.3 is 4.52 Å². The maximum atomic E-state index is 12.6. The minimum atomic E-state index is -2.63. The van der Waals surface area contributed by atoms with Crippen molar-refractivity contribution < 1.29 is 9.09 Å². The third-order valence-electron chi connectivity index (χ3n) is 2.77. The van der Waals surface area contributed by atoms with Gasteiger partial charge in [0.1, 0.15) is 5.76 Å². The minimum Gasteiger partial charge on any atom is -0.442 e. The summed E-state index contributed by atoms with van der Waals surface area (Å²) in [6, 6.07) is 5.18. The van der Waals surface area contributed by atoms with E-state index in [1.807, 2.05) is 20.8 Å². The van der Waals surface area contributed by atoms with Crippen LogP contribution in [0.1, 0.15) is 32.8 Å². The summed E-state index contributed by atoms with van der Waals surface area (Å²) in [5, 5.41) is 1.07. The Kier molecular flexibility index (Phi) is 6.46. The number of benzene rings is 1. The largest absolute Gasteiger partial charge is 0.442 e. The van der Waals surface area contributed by atoms with Gasteiger partial charge in [-0.1, -0.05) is 37.0 Å². The molecule has 0 spiro atoms. The van der Waals surface area contributed by atoms with Gasteiger partial charge in [0, 0.05) is 22.9 Å². The molecule has 5 heteroatoms. The van der Waals surface area contributed by atoms with Crippen LogP contribution in [0.25, 0.3) is 5.76 Å². The van der Waals surface area contributed by atoms with Gasteiger partial charge in [-0.25, -0.2) is 0 Å². The Bertz CT molecular complexity index is 512. The molecule has 1 aromatic carbocycles. The maximum Gasteiger partial charge on any atom is 0.247 e. The van der Waals surface area contributed by atoms with Gasteiger partial charge in [0.2, 0.25) is 7.37 Å². The van der Waals surface area contributed by atoms with Crippen molar-refractivity contribution >= 4 is 36.3 Å². The average molecular weight is 321 g/mol. The van der Waals surface area contributed by atoms with E-state index >= 15 is 0 Å². The summed E-state index contributed by atoms with van der Waals surface area (Å²) in [5.74, 6) is 0.556. The predicted octanol–water partition coefficient (Wildman–Crippen LogP) is 6.08. The molecule has 1 aromatic rings. The fraction of sp³-hybridized carbons (Fsp3) is 0.429. The number of hydrogen-bond donors (Lipinski definition) is 0.